The molecule has 0 unspecified atom stereocenters. The molecule has 0 aliphatic carbocycles. The predicted molar refractivity (Wildman–Crippen MR) is 87.8 cm³/mol. The van der Waals surface area contributed by atoms with Crippen LogP contribution in [0.2, 0.25) is 5.15 Å². The Morgan fingerprint density at radius 1 is 1.35 bits per heavy atom. The number of hydrogen-bond donors (Lipinski definition) is 0. The van der Waals surface area contributed by atoms with E-state index in [2.05, 4.69) is 10.1 Å². The van der Waals surface area contributed by atoms with Crippen LogP contribution in [0.4, 0.5) is 0 Å². The van der Waals surface area contributed by atoms with Gasteiger partial charge in [0.05, 0.1) is 5.69 Å². The van der Waals surface area contributed by atoms with Crippen molar-refractivity contribution in [2.24, 2.45) is 5.92 Å². The third kappa shape index (κ3) is 3.82. The van der Waals surface area contributed by atoms with Gasteiger partial charge in [0.25, 0.3) is 0 Å². The van der Waals surface area contributed by atoms with Gasteiger partial charge in [0.1, 0.15) is 17.3 Å². The van der Waals surface area contributed by atoms with E-state index in [0.717, 1.165) is 0 Å². The van der Waals surface area contributed by atoms with Crippen LogP contribution in [0.1, 0.15) is 56.8 Å². The summed E-state index contributed by atoms with van der Waals surface area (Å²) in [5, 5.41) is 4.54. The Morgan fingerprint density at radius 3 is 2.52 bits per heavy atom. The third-order valence-corrected chi connectivity index (χ3v) is 3.42. The Bertz CT molecular complexity index is 719. The number of rotatable bonds is 4. The number of esters is 1. The van der Waals surface area contributed by atoms with Gasteiger partial charge in [-0.05, 0) is 26.7 Å². The van der Waals surface area contributed by atoms with Crippen LogP contribution in [-0.4, -0.2) is 33.3 Å². The van der Waals surface area contributed by atoms with Gasteiger partial charge in [-0.3, -0.25) is 0 Å². The monoisotopic (exact) mass is 339 g/mol. The highest BCUT2D eigenvalue weighted by Crippen LogP contribution is 2.30. The molecule has 0 saturated carbocycles. The van der Waals surface area contributed by atoms with E-state index in [1.807, 2.05) is 34.6 Å². The minimum atomic E-state index is -0.606. The molecule has 0 bridgehead atoms. The number of aromatic nitrogens is 3. The van der Waals surface area contributed by atoms with Crippen molar-refractivity contribution in [3.63, 3.8) is 0 Å². The van der Waals surface area contributed by atoms with Gasteiger partial charge in [0.2, 0.25) is 0 Å². The predicted octanol–water partition coefficient (Wildman–Crippen LogP) is 3.68. The van der Waals surface area contributed by atoms with Gasteiger partial charge < -0.3 is 9.47 Å². The fourth-order valence-corrected chi connectivity index (χ4v) is 2.56. The zero-order valence-corrected chi connectivity index (χ0v) is 15.0. The molecular formula is C16H22ClN3O3. The normalized spacial score (nSPS) is 13.6. The van der Waals surface area contributed by atoms with Crippen molar-refractivity contribution in [3.8, 4) is 0 Å². The van der Waals surface area contributed by atoms with Gasteiger partial charge in [-0.1, -0.05) is 25.4 Å². The highest BCUT2D eigenvalue weighted by atomic mass is 35.5. The Labute approximate surface area is 140 Å². The van der Waals surface area contributed by atoms with Gasteiger partial charge in [0, 0.05) is 19.4 Å². The van der Waals surface area contributed by atoms with E-state index in [-0.39, 0.29) is 12.0 Å². The summed E-state index contributed by atoms with van der Waals surface area (Å²) < 4.78 is 12.6. The van der Waals surface area contributed by atoms with Crippen molar-refractivity contribution >= 4 is 23.2 Å². The van der Waals surface area contributed by atoms with Gasteiger partial charge in [0.15, 0.2) is 10.8 Å². The summed E-state index contributed by atoms with van der Waals surface area (Å²) in [5.41, 5.74) is 0.868. The Kier molecular flexibility index (Phi) is 4.96. The van der Waals surface area contributed by atoms with E-state index < -0.39 is 11.6 Å². The number of ether oxygens (including phenoxy) is 2. The standard InChI is InChI=1S/C16H22ClN3O3/c1-9(2)14(22-6)13-10(15(21)23-16(3,4)5)8-18-12-7-11(17)19-20(12)13/h7-9,14H,1-6H3/t14-/m1/s1. The number of carbonyl (C=O) groups excluding carboxylic acids is 1. The van der Waals surface area contributed by atoms with Crippen LogP contribution in [0.3, 0.4) is 0 Å². The molecule has 2 aromatic rings. The molecule has 6 nitrogen and oxygen atoms in total. The van der Waals surface area contributed by atoms with E-state index in [9.17, 15) is 4.79 Å². The van der Waals surface area contributed by atoms with Crippen LogP contribution in [0.15, 0.2) is 12.3 Å². The smallest absolute Gasteiger partial charge is 0.342 e. The van der Waals surface area contributed by atoms with Crippen LogP contribution in [0.25, 0.3) is 5.65 Å². The maximum absolute atomic E-state index is 12.6. The van der Waals surface area contributed by atoms with Crippen molar-refractivity contribution in [2.45, 2.75) is 46.3 Å². The van der Waals surface area contributed by atoms with E-state index in [1.54, 1.807) is 17.7 Å². The molecule has 2 aromatic heterocycles. The Balaban J connectivity index is 2.66. The van der Waals surface area contributed by atoms with Crippen molar-refractivity contribution in [1.82, 2.24) is 14.6 Å². The first kappa shape index (κ1) is 17.7. The highest BCUT2D eigenvalue weighted by Gasteiger charge is 2.29. The van der Waals surface area contributed by atoms with Crippen molar-refractivity contribution in [1.29, 1.82) is 0 Å². The highest BCUT2D eigenvalue weighted by molar-refractivity contribution is 6.29. The van der Waals surface area contributed by atoms with Crippen LogP contribution in [0, 0.1) is 5.92 Å². The summed E-state index contributed by atoms with van der Waals surface area (Å²) in [7, 11) is 1.60. The van der Waals surface area contributed by atoms with Crippen LogP contribution >= 0.6 is 11.6 Å². The molecule has 0 aromatic carbocycles. The molecule has 0 N–H and O–H groups in total. The lowest BCUT2D eigenvalue weighted by Crippen LogP contribution is -2.27. The minimum absolute atomic E-state index is 0.120. The molecule has 0 fully saturated rings. The van der Waals surface area contributed by atoms with Gasteiger partial charge >= 0.3 is 5.97 Å². The topological polar surface area (TPSA) is 65.7 Å². The van der Waals surface area contributed by atoms with E-state index >= 15 is 0 Å². The number of carbonyl (C=O) groups is 1. The lowest BCUT2D eigenvalue weighted by Gasteiger charge is -2.24. The second kappa shape index (κ2) is 6.45. The lowest BCUT2D eigenvalue weighted by atomic mass is 10.00. The molecule has 7 heteroatoms. The fraction of sp³-hybridized carbons (Fsp3) is 0.562. The molecule has 0 saturated heterocycles. The average Bonchev–Trinajstić information content (AvgIpc) is 2.77. The molecule has 2 rings (SSSR count). The van der Waals surface area contributed by atoms with E-state index in [4.69, 9.17) is 21.1 Å². The molecule has 0 amide bonds. The van der Waals surface area contributed by atoms with Gasteiger partial charge in [-0.2, -0.15) is 5.10 Å². The third-order valence-electron chi connectivity index (χ3n) is 3.24. The second-order valence-corrected chi connectivity index (χ2v) is 7.08. The molecule has 0 spiro atoms. The first-order valence-electron chi connectivity index (χ1n) is 7.44. The number of methoxy groups -OCH3 is 1. The van der Waals surface area contributed by atoms with Gasteiger partial charge in [-0.15, -0.1) is 0 Å². The van der Waals surface area contributed by atoms with E-state index in [1.165, 1.54) is 6.20 Å². The molecule has 0 aliphatic rings. The van der Waals surface area contributed by atoms with Crippen LogP contribution < -0.4 is 0 Å². The molecular weight excluding hydrogens is 318 g/mol. The maximum Gasteiger partial charge on any atom is 0.342 e. The summed E-state index contributed by atoms with van der Waals surface area (Å²) >= 11 is 5.99. The summed E-state index contributed by atoms with van der Waals surface area (Å²) in [6, 6.07) is 1.64. The number of fused-ring (bicyclic) bond motifs is 1. The van der Waals surface area contributed by atoms with Gasteiger partial charge in [-0.25, -0.2) is 14.3 Å². The summed E-state index contributed by atoms with van der Waals surface area (Å²) in [4.78, 5) is 16.8. The zero-order valence-electron chi connectivity index (χ0n) is 14.3. The largest absolute Gasteiger partial charge is 0.456 e. The zero-order chi connectivity index (χ0) is 17.4. The Hall–Kier alpha value is -1.66. The van der Waals surface area contributed by atoms with Crippen molar-refractivity contribution < 1.29 is 14.3 Å². The van der Waals surface area contributed by atoms with Crippen molar-refractivity contribution in [2.75, 3.05) is 7.11 Å². The summed E-state index contributed by atoms with van der Waals surface area (Å²) in [6.45, 7) is 9.46. The molecule has 0 aliphatic heterocycles. The Morgan fingerprint density at radius 2 is 2.00 bits per heavy atom. The first-order valence-corrected chi connectivity index (χ1v) is 7.82. The number of nitrogens with zero attached hydrogens (tertiary/aromatic N) is 3. The van der Waals surface area contributed by atoms with E-state index in [0.29, 0.717) is 22.1 Å². The minimum Gasteiger partial charge on any atom is -0.456 e. The summed E-state index contributed by atoms with van der Waals surface area (Å²) in [6.07, 6.45) is 1.14. The second-order valence-electron chi connectivity index (χ2n) is 6.70. The van der Waals surface area contributed by atoms with Crippen LogP contribution in [-0.2, 0) is 9.47 Å². The molecule has 23 heavy (non-hydrogen) atoms. The average molecular weight is 340 g/mol. The maximum atomic E-state index is 12.6. The summed E-state index contributed by atoms with van der Waals surface area (Å²) in [5.74, 6) is -0.342. The quantitative estimate of drug-likeness (QED) is 0.795. The lowest BCUT2D eigenvalue weighted by molar-refractivity contribution is 0.00526. The SMILES string of the molecule is CO[C@@H](c1c(C(=O)OC(C)(C)C)cnc2cc(Cl)nn12)C(C)C. The van der Waals surface area contributed by atoms with Crippen molar-refractivity contribution in [3.05, 3.63) is 28.7 Å². The molecule has 1 atom stereocenters. The fourth-order valence-electron chi connectivity index (χ4n) is 2.39. The number of hydrogen-bond acceptors (Lipinski definition) is 5. The molecule has 2 heterocycles. The number of halogens is 1. The van der Waals surface area contributed by atoms with Crippen LogP contribution in [0.5, 0.6) is 0 Å². The molecule has 126 valence electrons. The first-order chi connectivity index (χ1) is 10.6. The molecule has 0 radical (unpaired) electrons.